The van der Waals surface area contributed by atoms with E-state index in [-0.39, 0.29) is 45.3 Å². The number of ketones is 2. The summed E-state index contributed by atoms with van der Waals surface area (Å²) in [6.45, 7) is 0. The molecule has 4 atom stereocenters. The van der Waals surface area contributed by atoms with Crippen LogP contribution in [-0.2, 0) is 9.59 Å². The van der Waals surface area contributed by atoms with Crippen molar-refractivity contribution in [2.75, 3.05) is 0 Å². The predicted octanol–water partition coefficient (Wildman–Crippen LogP) is 2.27. The Labute approximate surface area is 96.9 Å². The molecule has 3 aliphatic carbocycles. The fourth-order valence-corrected chi connectivity index (χ4v) is 3.48. The lowest BCUT2D eigenvalue weighted by atomic mass is 9.74. The zero-order valence-electron chi connectivity index (χ0n) is 7.74. The van der Waals surface area contributed by atoms with Crippen molar-refractivity contribution in [2.24, 2.45) is 23.7 Å². The van der Waals surface area contributed by atoms with Crippen LogP contribution in [0.5, 0.6) is 0 Å². The molecule has 3 rings (SSSR count). The molecule has 1 saturated carbocycles. The number of halogens is 2. The first-order chi connectivity index (χ1) is 7.11. The second-order valence-electron chi connectivity index (χ2n) is 4.36. The van der Waals surface area contributed by atoms with Gasteiger partial charge < -0.3 is 0 Å². The predicted molar refractivity (Wildman–Crippen MR) is 56.5 cm³/mol. The Kier molecular flexibility index (Phi) is 1.89. The van der Waals surface area contributed by atoms with E-state index in [1.54, 1.807) is 0 Å². The number of carbonyl (C=O) groups is 2. The van der Waals surface area contributed by atoms with Gasteiger partial charge in [-0.2, -0.15) is 0 Å². The molecule has 0 heterocycles. The molecule has 2 bridgehead atoms. The first kappa shape index (κ1) is 9.61. The van der Waals surface area contributed by atoms with E-state index in [0.717, 1.165) is 6.42 Å². The molecule has 0 unspecified atom stereocenters. The van der Waals surface area contributed by atoms with Crippen LogP contribution in [0.4, 0.5) is 0 Å². The minimum Gasteiger partial charge on any atom is -0.293 e. The Morgan fingerprint density at radius 2 is 1.33 bits per heavy atom. The average Bonchev–Trinajstić information content (AvgIpc) is 2.82. The molecule has 0 aromatic heterocycles. The number of hydrogen-bond acceptors (Lipinski definition) is 2. The smallest absolute Gasteiger partial charge is 0.180 e. The first-order valence-electron chi connectivity index (χ1n) is 4.93. The third-order valence-electron chi connectivity index (χ3n) is 3.69. The number of allylic oxidation sites excluding steroid dienone is 4. The second kappa shape index (κ2) is 2.96. The normalized spacial score (nSPS) is 42.8. The summed E-state index contributed by atoms with van der Waals surface area (Å²) in [6, 6.07) is 0. The average molecular weight is 243 g/mol. The Morgan fingerprint density at radius 1 is 0.933 bits per heavy atom. The minimum atomic E-state index is -0.248. The van der Waals surface area contributed by atoms with E-state index >= 15 is 0 Å². The maximum absolute atomic E-state index is 11.9. The minimum absolute atomic E-state index is 0.0659. The third kappa shape index (κ3) is 1.07. The highest BCUT2D eigenvalue weighted by molar-refractivity contribution is 6.56. The van der Waals surface area contributed by atoms with Gasteiger partial charge in [0.05, 0.1) is 0 Å². The zero-order valence-corrected chi connectivity index (χ0v) is 9.26. The van der Waals surface area contributed by atoms with Gasteiger partial charge >= 0.3 is 0 Å². The quantitative estimate of drug-likeness (QED) is 0.611. The molecule has 2 nitrogen and oxygen atoms in total. The molecule has 0 radical (unpaired) electrons. The molecule has 1 fully saturated rings. The van der Waals surface area contributed by atoms with E-state index in [1.807, 2.05) is 12.2 Å². The van der Waals surface area contributed by atoms with Crippen LogP contribution in [0.25, 0.3) is 0 Å². The fraction of sp³-hybridized carbons (Fsp3) is 0.455. The number of fused-ring (bicyclic) bond motifs is 5. The molecule has 4 heteroatoms. The molecule has 15 heavy (non-hydrogen) atoms. The standard InChI is InChI=1S/C11H8Cl2O2/c12-8-9(13)11(15)7-5-2-1-4(3-5)6(7)10(8)14/h1-2,4-7H,3H2/t4-,5-,6-,7+/m0/s1. The van der Waals surface area contributed by atoms with Gasteiger partial charge in [0.25, 0.3) is 0 Å². The van der Waals surface area contributed by atoms with E-state index in [9.17, 15) is 9.59 Å². The highest BCUT2D eigenvalue weighted by atomic mass is 35.5. The SMILES string of the molecule is O=C1C(Cl)=C(Cl)C(=O)[C@H]2[C@@H]1[C@H]1C=C[C@H]2C1. The van der Waals surface area contributed by atoms with E-state index in [4.69, 9.17) is 23.2 Å². The summed E-state index contributed by atoms with van der Waals surface area (Å²) in [6.07, 6.45) is 4.95. The summed E-state index contributed by atoms with van der Waals surface area (Å²) in [5, 5.41) is -0.132. The van der Waals surface area contributed by atoms with E-state index in [2.05, 4.69) is 0 Å². The third-order valence-corrected chi connectivity index (χ3v) is 4.54. The molecule has 0 aromatic carbocycles. The van der Waals surface area contributed by atoms with E-state index in [0.29, 0.717) is 0 Å². The summed E-state index contributed by atoms with van der Waals surface area (Å²) in [7, 11) is 0. The van der Waals surface area contributed by atoms with Crippen molar-refractivity contribution in [3.8, 4) is 0 Å². The number of carbonyl (C=O) groups excluding carboxylic acids is 2. The summed E-state index contributed by atoms with van der Waals surface area (Å²) in [4.78, 5) is 23.8. The molecular formula is C11H8Cl2O2. The van der Waals surface area contributed by atoms with Crippen LogP contribution in [-0.4, -0.2) is 11.6 Å². The second-order valence-corrected chi connectivity index (χ2v) is 5.11. The van der Waals surface area contributed by atoms with Gasteiger partial charge in [0, 0.05) is 11.8 Å². The maximum Gasteiger partial charge on any atom is 0.180 e. The van der Waals surface area contributed by atoms with Gasteiger partial charge in [-0.25, -0.2) is 0 Å². The van der Waals surface area contributed by atoms with Crippen molar-refractivity contribution in [1.82, 2.24) is 0 Å². The Bertz CT molecular complexity index is 398. The summed E-state index contributed by atoms with van der Waals surface area (Å²) in [5.74, 6) is -0.416. The van der Waals surface area contributed by atoms with Gasteiger partial charge in [-0.05, 0) is 18.3 Å². The van der Waals surface area contributed by atoms with Crippen LogP contribution in [0.15, 0.2) is 22.2 Å². The molecule has 0 spiro atoms. The van der Waals surface area contributed by atoms with Crippen LogP contribution in [0.1, 0.15) is 6.42 Å². The van der Waals surface area contributed by atoms with E-state index < -0.39 is 0 Å². The van der Waals surface area contributed by atoms with Crippen molar-refractivity contribution in [3.05, 3.63) is 22.2 Å². The van der Waals surface area contributed by atoms with Gasteiger partial charge in [-0.15, -0.1) is 0 Å². The highest BCUT2D eigenvalue weighted by Gasteiger charge is 2.55. The molecule has 0 saturated heterocycles. The van der Waals surface area contributed by atoms with Crippen molar-refractivity contribution in [1.29, 1.82) is 0 Å². The molecule has 0 aromatic rings. The Morgan fingerprint density at radius 3 is 1.73 bits per heavy atom. The summed E-state index contributed by atoms with van der Waals surface area (Å²) < 4.78 is 0. The van der Waals surface area contributed by atoms with Crippen molar-refractivity contribution in [2.45, 2.75) is 6.42 Å². The molecule has 0 aliphatic heterocycles. The molecule has 0 N–H and O–H groups in total. The molecule has 78 valence electrons. The van der Waals surface area contributed by atoms with Gasteiger partial charge in [0.2, 0.25) is 0 Å². The van der Waals surface area contributed by atoms with Gasteiger partial charge in [0.1, 0.15) is 10.1 Å². The number of Topliss-reactive ketones (excluding diaryl/α,β-unsaturated/α-hetero) is 2. The van der Waals surface area contributed by atoms with Crippen molar-refractivity contribution in [3.63, 3.8) is 0 Å². The van der Waals surface area contributed by atoms with E-state index in [1.165, 1.54) is 0 Å². The van der Waals surface area contributed by atoms with Crippen molar-refractivity contribution >= 4 is 34.8 Å². The first-order valence-corrected chi connectivity index (χ1v) is 5.69. The number of rotatable bonds is 0. The highest BCUT2D eigenvalue weighted by Crippen LogP contribution is 2.53. The largest absolute Gasteiger partial charge is 0.293 e. The fourth-order valence-electron chi connectivity index (χ4n) is 3.05. The van der Waals surface area contributed by atoms with Crippen LogP contribution >= 0.6 is 23.2 Å². The Balaban J connectivity index is 2.13. The number of hydrogen-bond donors (Lipinski definition) is 0. The molecule has 3 aliphatic rings. The lowest BCUT2D eigenvalue weighted by Gasteiger charge is -2.29. The molecular weight excluding hydrogens is 235 g/mol. The van der Waals surface area contributed by atoms with Crippen LogP contribution in [0.3, 0.4) is 0 Å². The van der Waals surface area contributed by atoms with Gasteiger partial charge in [-0.3, -0.25) is 9.59 Å². The van der Waals surface area contributed by atoms with Crippen LogP contribution in [0, 0.1) is 23.7 Å². The van der Waals surface area contributed by atoms with Gasteiger partial charge in [-0.1, -0.05) is 35.4 Å². The summed E-state index contributed by atoms with van der Waals surface area (Å²) >= 11 is 11.5. The maximum atomic E-state index is 11.9. The molecule has 0 amide bonds. The topological polar surface area (TPSA) is 34.1 Å². The Hall–Kier alpha value is -0.600. The van der Waals surface area contributed by atoms with Crippen molar-refractivity contribution < 1.29 is 9.59 Å². The summed E-state index contributed by atoms with van der Waals surface area (Å²) in [5.41, 5.74) is 0. The zero-order chi connectivity index (χ0) is 10.7. The van der Waals surface area contributed by atoms with Crippen LogP contribution < -0.4 is 0 Å². The van der Waals surface area contributed by atoms with Crippen LogP contribution in [0.2, 0.25) is 0 Å². The monoisotopic (exact) mass is 242 g/mol. The lowest BCUT2D eigenvalue weighted by molar-refractivity contribution is -0.130. The van der Waals surface area contributed by atoms with Gasteiger partial charge in [0.15, 0.2) is 11.6 Å². The lowest BCUT2D eigenvalue weighted by Crippen LogP contribution is -2.37.